The lowest BCUT2D eigenvalue weighted by Gasteiger charge is -2.21. The number of nitrogens with one attached hydrogen (secondary N) is 1. The van der Waals surface area contributed by atoms with Crippen molar-refractivity contribution in [2.45, 2.75) is 0 Å². The molecule has 2 heterocycles. The topological polar surface area (TPSA) is 61.4 Å². The van der Waals surface area contributed by atoms with E-state index in [1.165, 1.54) is 0 Å². The molecular weight excluding hydrogens is 262 g/mol. The van der Waals surface area contributed by atoms with E-state index in [4.69, 9.17) is 0 Å². The highest BCUT2D eigenvalue weighted by atomic mass is 32.1. The molecule has 0 aliphatic heterocycles. The minimum atomic E-state index is 0.0375. The molecule has 0 atom stereocenters. The molecule has 6 nitrogen and oxygen atoms in total. The maximum absolute atomic E-state index is 11.8. The number of amides is 1. The predicted molar refractivity (Wildman–Crippen MR) is 78.9 cm³/mol. The molecule has 1 N–H and O–H groups in total. The first-order chi connectivity index (χ1) is 9.02. The second kappa shape index (κ2) is 5.40. The van der Waals surface area contributed by atoms with Gasteiger partial charge in [0.15, 0.2) is 0 Å². The van der Waals surface area contributed by atoms with Crippen LogP contribution in [0.15, 0.2) is 11.4 Å². The van der Waals surface area contributed by atoms with Crippen LogP contribution in [0.1, 0.15) is 0 Å². The van der Waals surface area contributed by atoms with Crippen molar-refractivity contribution in [3.05, 3.63) is 11.4 Å². The van der Waals surface area contributed by atoms with Crippen LogP contribution >= 0.6 is 11.3 Å². The quantitative estimate of drug-likeness (QED) is 0.913. The first-order valence-corrected chi connectivity index (χ1v) is 6.75. The molecule has 0 spiro atoms. The lowest BCUT2D eigenvalue weighted by atomic mass is 10.3. The number of carbonyl (C=O) groups is 1. The molecule has 0 unspecified atom stereocenters. The van der Waals surface area contributed by atoms with E-state index in [1.54, 1.807) is 37.4 Å². The lowest BCUT2D eigenvalue weighted by Crippen LogP contribution is -2.34. The first-order valence-electron chi connectivity index (χ1n) is 5.87. The van der Waals surface area contributed by atoms with Gasteiger partial charge in [-0.1, -0.05) is 0 Å². The number of rotatable bonds is 4. The fourth-order valence-electron chi connectivity index (χ4n) is 1.66. The van der Waals surface area contributed by atoms with Gasteiger partial charge < -0.3 is 15.1 Å². The number of likely N-dealkylation sites (N-methyl/N-ethyl adjacent to an activating group) is 2. The van der Waals surface area contributed by atoms with Gasteiger partial charge in [-0.15, -0.1) is 11.3 Å². The Kier molecular flexibility index (Phi) is 3.84. The first kappa shape index (κ1) is 13.5. The van der Waals surface area contributed by atoms with Crippen molar-refractivity contribution in [2.75, 3.05) is 45.0 Å². The largest absolute Gasteiger partial charge is 0.357 e. The Morgan fingerprint density at radius 1 is 1.37 bits per heavy atom. The normalized spacial score (nSPS) is 10.5. The predicted octanol–water partition coefficient (Wildman–Crippen LogP) is 1.26. The second-order valence-electron chi connectivity index (χ2n) is 4.40. The molecule has 0 aliphatic carbocycles. The number of carbonyl (C=O) groups excluding carboxylic acids is 1. The number of anilines is 2. The van der Waals surface area contributed by atoms with E-state index in [9.17, 15) is 4.79 Å². The third-order valence-electron chi connectivity index (χ3n) is 2.76. The van der Waals surface area contributed by atoms with Crippen LogP contribution in [0.4, 0.5) is 11.8 Å². The van der Waals surface area contributed by atoms with Gasteiger partial charge in [-0.25, -0.2) is 4.98 Å². The monoisotopic (exact) mass is 279 g/mol. The van der Waals surface area contributed by atoms with Gasteiger partial charge in [0.25, 0.3) is 0 Å². The summed E-state index contributed by atoms with van der Waals surface area (Å²) in [6, 6.07) is 1.98. The van der Waals surface area contributed by atoms with E-state index in [0.717, 1.165) is 16.0 Å². The molecular formula is C12H17N5OS. The number of hydrogen-bond donors (Lipinski definition) is 1. The summed E-state index contributed by atoms with van der Waals surface area (Å²) in [5, 5.41) is 5.89. The fourth-order valence-corrected chi connectivity index (χ4v) is 2.42. The van der Waals surface area contributed by atoms with Crippen molar-refractivity contribution in [2.24, 2.45) is 0 Å². The number of aromatic nitrogens is 2. The van der Waals surface area contributed by atoms with Crippen LogP contribution in [-0.2, 0) is 4.79 Å². The molecule has 102 valence electrons. The molecule has 0 saturated heterocycles. The van der Waals surface area contributed by atoms with Crippen LogP contribution < -0.4 is 10.2 Å². The van der Waals surface area contributed by atoms with Crippen LogP contribution in [0.3, 0.4) is 0 Å². The number of hydrogen-bond acceptors (Lipinski definition) is 6. The van der Waals surface area contributed by atoms with Crippen molar-refractivity contribution in [3.63, 3.8) is 0 Å². The second-order valence-corrected chi connectivity index (χ2v) is 5.30. The standard InChI is InChI=1S/C12H17N5OS/c1-13-12-14-10(8-5-6-19-11(8)15-12)17(4)7-9(18)16(2)3/h5-6H,7H2,1-4H3,(H,13,14,15). The minimum Gasteiger partial charge on any atom is -0.357 e. The summed E-state index contributed by atoms with van der Waals surface area (Å²) in [5.74, 6) is 1.37. The molecule has 0 radical (unpaired) electrons. The average molecular weight is 279 g/mol. The molecule has 2 aromatic heterocycles. The van der Waals surface area contributed by atoms with Crippen molar-refractivity contribution in [3.8, 4) is 0 Å². The summed E-state index contributed by atoms with van der Waals surface area (Å²) < 4.78 is 0. The Morgan fingerprint density at radius 2 is 2.11 bits per heavy atom. The number of thiophene rings is 1. The average Bonchev–Trinajstić information content (AvgIpc) is 2.84. The third-order valence-corrected chi connectivity index (χ3v) is 3.57. The molecule has 7 heteroatoms. The summed E-state index contributed by atoms with van der Waals surface area (Å²) in [5.41, 5.74) is 0. The van der Waals surface area contributed by atoms with Gasteiger partial charge >= 0.3 is 0 Å². The zero-order valence-electron chi connectivity index (χ0n) is 11.5. The van der Waals surface area contributed by atoms with E-state index in [-0.39, 0.29) is 12.5 Å². The fraction of sp³-hybridized carbons (Fsp3) is 0.417. The molecule has 19 heavy (non-hydrogen) atoms. The van der Waals surface area contributed by atoms with Gasteiger partial charge in [-0.05, 0) is 11.4 Å². The van der Waals surface area contributed by atoms with E-state index in [0.29, 0.717) is 5.95 Å². The lowest BCUT2D eigenvalue weighted by molar-refractivity contribution is -0.127. The van der Waals surface area contributed by atoms with Crippen molar-refractivity contribution < 1.29 is 4.79 Å². The maximum atomic E-state index is 11.8. The molecule has 0 aliphatic rings. The summed E-state index contributed by atoms with van der Waals surface area (Å²) in [4.78, 5) is 24.9. The van der Waals surface area contributed by atoms with Gasteiger partial charge in [-0.2, -0.15) is 4.98 Å². The van der Waals surface area contributed by atoms with Crippen LogP contribution in [0, 0.1) is 0 Å². The third kappa shape index (κ3) is 2.76. The van der Waals surface area contributed by atoms with Crippen LogP contribution in [0.2, 0.25) is 0 Å². The highest BCUT2D eigenvalue weighted by Crippen LogP contribution is 2.28. The van der Waals surface area contributed by atoms with Gasteiger partial charge in [-0.3, -0.25) is 4.79 Å². The molecule has 0 saturated carbocycles. The Balaban J connectivity index is 2.37. The smallest absolute Gasteiger partial charge is 0.241 e. The molecule has 0 aromatic carbocycles. The Morgan fingerprint density at radius 3 is 2.74 bits per heavy atom. The summed E-state index contributed by atoms with van der Waals surface area (Å²) in [6.45, 7) is 0.290. The molecule has 1 amide bonds. The zero-order chi connectivity index (χ0) is 14.0. The van der Waals surface area contributed by atoms with Gasteiger partial charge in [0.1, 0.15) is 10.6 Å². The van der Waals surface area contributed by atoms with E-state index < -0.39 is 0 Å². The minimum absolute atomic E-state index is 0.0375. The van der Waals surface area contributed by atoms with Gasteiger partial charge in [0.2, 0.25) is 11.9 Å². The summed E-state index contributed by atoms with van der Waals surface area (Å²) in [6.07, 6.45) is 0. The molecule has 0 bridgehead atoms. The van der Waals surface area contributed by atoms with Crippen molar-refractivity contribution >= 4 is 39.2 Å². The number of nitrogens with zero attached hydrogens (tertiary/aromatic N) is 4. The molecule has 0 fully saturated rings. The van der Waals surface area contributed by atoms with Crippen LogP contribution in [-0.4, -0.2) is 55.5 Å². The molecule has 2 aromatic rings. The summed E-state index contributed by atoms with van der Waals surface area (Å²) >= 11 is 1.56. The van der Waals surface area contributed by atoms with Gasteiger partial charge in [0.05, 0.1) is 11.9 Å². The molecule has 2 rings (SSSR count). The number of fused-ring (bicyclic) bond motifs is 1. The Hall–Kier alpha value is -1.89. The van der Waals surface area contributed by atoms with Gasteiger partial charge in [0, 0.05) is 28.2 Å². The SMILES string of the molecule is CNc1nc(N(C)CC(=O)N(C)C)c2ccsc2n1. The Labute approximate surface area is 116 Å². The van der Waals surface area contributed by atoms with Crippen LogP contribution in [0.5, 0.6) is 0 Å². The Bertz CT molecular complexity index is 595. The zero-order valence-corrected chi connectivity index (χ0v) is 12.3. The summed E-state index contributed by atoms with van der Waals surface area (Å²) in [7, 11) is 7.13. The highest BCUT2D eigenvalue weighted by Gasteiger charge is 2.15. The van der Waals surface area contributed by atoms with E-state index in [1.807, 2.05) is 23.4 Å². The van der Waals surface area contributed by atoms with Crippen LogP contribution in [0.25, 0.3) is 10.2 Å². The van der Waals surface area contributed by atoms with E-state index >= 15 is 0 Å². The van der Waals surface area contributed by atoms with Crippen molar-refractivity contribution in [1.82, 2.24) is 14.9 Å². The van der Waals surface area contributed by atoms with Crippen molar-refractivity contribution in [1.29, 1.82) is 0 Å². The van der Waals surface area contributed by atoms with E-state index in [2.05, 4.69) is 15.3 Å². The highest BCUT2D eigenvalue weighted by molar-refractivity contribution is 7.16. The maximum Gasteiger partial charge on any atom is 0.241 e.